The van der Waals surface area contributed by atoms with E-state index in [-0.39, 0.29) is 6.10 Å². The van der Waals surface area contributed by atoms with E-state index in [4.69, 9.17) is 21.3 Å². The van der Waals surface area contributed by atoms with E-state index >= 15 is 0 Å². The second kappa shape index (κ2) is 8.67. The smallest absolute Gasteiger partial charge is 0.191 e. The van der Waals surface area contributed by atoms with Gasteiger partial charge in [-0.15, -0.1) is 21.5 Å². The van der Waals surface area contributed by atoms with Crippen molar-refractivity contribution >= 4 is 45.6 Å². The molecule has 0 saturated carbocycles. The molecule has 0 N–H and O–H groups in total. The zero-order chi connectivity index (χ0) is 20.5. The zero-order valence-electron chi connectivity index (χ0n) is 16.5. The highest BCUT2D eigenvalue weighted by molar-refractivity contribution is 7.98. The molecule has 1 unspecified atom stereocenters. The molecular weight excluding hydrogens is 436 g/mol. The maximum Gasteiger partial charge on any atom is 0.191 e. The molecule has 0 aliphatic carbocycles. The Labute approximate surface area is 188 Å². The molecule has 4 aromatic rings. The van der Waals surface area contributed by atoms with Gasteiger partial charge in [0.2, 0.25) is 0 Å². The van der Waals surface area contributed by atoms with Crippen LogP contribution >= 0.6 is 34.7 Å². The molecule has 0 bridgehead atoms. The Morgan fingerprint density at radius 2 is 2.13 bits per heavy atom. The summed E-state index contributed by atoms with van der Waals surface area (Å²) in [5.74, 6) is 1.54. The lowest BCUT2D eigenvalue weighted by Crippen LogP contribution is -2.16. The summed E-state index contributed by atoms with van der Waals surface area (Å²) in [6, 6.07) is 12.2. The first-order valence-electron chi connectivity index (χ1n) is 9.96. The van der Waals surface area contributed by atoms with Crippen molar-refractivity contribution in [2.24, 2.45) is 0 Å². The molecule has 5 nitrogen and oxygen atoms in total. The number of thiophene rings is 1. The summed E-state index contributed by atoms with van der Waals surface area (Å²) in [5.41, 5.74) is 2.91. The quantitative estimate of drug-likeness (QED) is 0.333. The van der Waals surface area contributed by atoms with Crippen LogP contribution in [0.3, 0.4) is 0 Å². The third kappa shape index (κ3) is 3.87. The van der Waals surface area contributed by atoms with Gasteiger partial charge in [0.15, 0.2) is 11.0 Å². The highest BCUT2D eigenvalue weighted by Crippen LogP contribution is 2.33. The lowest BCUT2D eigenvalue weighted by molar-refractivity contribution is 0.0953. The molecule has 154 valence electrons. The summed E-state index contributed by atoms with van der Waals surface area (Å²) in [6.07, 6.45) is 2.40. The predicted octanol–water partition coefficient (Wildman–Crippen LogP) is 5.99. The van der Waals surface area contributed by atoms with E-state index in [1.807, 2.05) is 24.3 Å². The average molecular weight is 457 g/mol. The summed E-state index contributed by atoms with van der Waals surface area (Å²) >= 11 is 9.96. The molecule has 30 heavy (non-hydrogen) atoms. The van der Waals surface area contributed by atoms with Crippen molar-refractivity contribution in [1.29, 1.82) is 0 Å². The number of halogens is 1. The number of thioether (sulfide) groups is 1. The fourth-order valence-electron chi connectivity index (χ4n) is 3.79. The van der Waals surface area contributed by atoms with Crippen molar-refractivity contribution in [2.45, 2.75) is 43.3 Å². The van der Waals surface area contributed by atoms with E-state index in [0.29, 0.717) is 5.75 Å². The van der Waals surface area contributed by atoms with Crippen molar-refractivity contribution in [3.63, 3.8) is 0 Å². The van der Waals surface area contributed by atoms with Crippen LogP contribution in [0.5, 0.6) is 0 Å². The van der Waals surface area contributed by atoms with Gasteiger partial charge in [-0.2, -0.15) is 0 Å². The van der Waals surface area contributed by atoms with E-state index < -0.39 is 0 Å². The molecule has 0 radical (unpaired) electrons. The maximum atomic E-state index is 6.67. The van der Waals surface area contributed by atoms with Gasteiger partial charge in [0, 0.05) is 17.7 Å². The molecule has 1 aliphatic heterocycles. The van der Waals surface area contributed by atoms with Crippen LogP contribution < -0.4 is 0 Å². The topological polar surface area (TPSA) is 52.8 Å². The van der Waals surface area contributed by atoms with Crippen LogP contribution in [0.15, 0.2) is 46.9 Å². The maximum absolute atomic E-state index is 6.67. The van der Waals surface area contributed by atoms with Gasteiger partial charge >= 0.3 is 0 Å². The fraction of sp³-hybridized carbons (Fsp3) is 0.318. The number of ether oxygens (including phenoxy) is 1. The number of nitrogens with zero attached hydrogens (tertiary/aromatic N) is 4. The SMILES string of the molecule is Cc1c(Cl)c(CSc2nnc(-c3cccs3)n2CC2CCCO2)nc2ccccc12. The van der Waals surface area contributed by atoms with E-state index in [9.17, 15) is 0 Å². The Bertz CT molecular complexity index is 1170. The first-order valence-corrected chi connectivity index (χ1v) is 12.2. The van der Waals surface area contributed by atoms with Gasteiger partial charge in [0.05, 0.1) is 33.8 Å². The molecule has 1 atom stereocenters. The summed E-state index contributed by atoms with van der Waals surface area (Å²) in [5, 5.41) is 13.8. The van der Waals surface area contributed by atoms with Crippen LogP contribution in [0.25, 0.3) is 21.6 Å². The summed E-state index contributed by atoms with van der Waals surface area (Å²) < 4.78 is 8.07. The van der Waals surface area contributed by atoms with Crippen molar-refractivity contribution < 1.29 is 4.74 Å². The number of pyridine rings is 1. The molecule has 5 rings (SSSR count). The lowest BCUT2D eigenvalue weighted by atomic mass is 10.1. The number of hydrogen-bond acceptors (Lipinski definition) is 6. The molecular formula is C22H21ClN4OS2. The van der Waals surface area contributed by atoms with E-state index in [1.54, 1.807) is 23.1 Å². The Morgan fingerprint density at radius 3 is 2.93 bits per heavy atom. The molecule has 1 aromatic carbocycles. The van der Waals surface area contributed by atoms with Crippen LogP contribution in [0.1, 0.15) is 24.1 Å². The van der Waals surface area contributed by atoms with Gasteiger partial charge < -0.3 is 4.74 Å². The monoisotopic (exact) mass is 456 g/mol. The molecule has 3 aromatic heterocycles. The summed E-state index contributed by atoms with van der Waals surface area (Å²) in [6.45, 7) is 3.65. The number of aryl methyl sites for hydroxylation is 1. The van der Waals surface area contributed by atoms with Crippen LogP contribution in [0.4, 0.5) is 0 Å². The fourth-order valence-corrected chi connectivity index (χ4v) is 5.68. The third-order valence-electron chi connectivity index (χ3n) is 5.35. The predicted molar refractivity (Wildman–Crippen MR) is 123 cm³/mol. The van der Waals surface area contributed by atoms with Gasteiger partial charge in [0.1, 0.15) is 0 Å². The number of aromatic nitrogens is 4. The molecule has 1 fully saturated rings. The Morgan fingerprint density at radius 1 is 1.23 bits per heavy atom. The first kappa shape index (κ1) is 20.0. The van der Waals surface area contributed by atoms with Crippen molar-refractivity contribution in [1.82, 2.24) is 19.7 Å². The first-order chi connectivity index (χ1) is 14.7. The van der Waals surface area contributed by atoms with Gasteiger partial charge in [-0.3, -0.25) is 9.55 Å². The Hall–Kier alpha value is -1.93. The zero-order valence-corrected chi connectivity index (χ0v) is 18.9. The van der Waals surface area contributed by atoms with E-state index in [0.717, 1.165) is 69.0 Å². The highest BCUT2D eigenvalue weighted by atomic mass is 35.5. The Balaban J connectivity index is 1.45. The molecule has 8 heteroatoms. The van der Waals surface area contributed by atoms with Crippen LogP contribution in [0.2, 0.25) is 5.02 Å². The molecule has 1 saturated heterocycles. The number of hydrogen-bond donors (Lipinski definition) is 0. The molecule has 0 spiro atoms. The number of para-hydroxylation sites is 1. The lowest BCUT2D eigenvalue weighted by Gasteiger charge is -2.14. The van der Waals surface area contributed by atoms with Crippen molar-refractivity contribution in [2.75, 3.05) is 6.61 Å². The van der Waals surface area contributed by atoms with Gasteiger partial charge in [-0.25, -0.2) is 0 Å². The molecule has 1 aliphatic rings. The molecule has 4 heterocycles. The number of benzene rings is 1. The highest BCUT2D eigenvalue weighted by Gasteiger charge is 2.22. The van der Waals surface area contributed by atoms with Crippen LogP contribution in [0, 0.1) is 6.92 Å². The van der Waals surface area contributed by atoms with Crippen LogP contribution in [-0.2, 0) is 17.0 Å². The minimum absolute atomic E-state index is 0.212. The van der Waals surface area contributed by atoms with Crippen molar-refractivity contribution in [3.05, 3.63) is 58.1 Å². The number of fused-ring (bicyclic) bond motifs is 1. The summed E-state index contributed by atoms with van der Waals surface area (Å²) in [7, 11) is 0. The minimum atomic E-state index is 0.212. The van der Waals surface area contributed by atoms with E-state index in [1.165, 1.54) is 0 Å². The minimum Gasteiger partial charge on any atom is -0.376 e. The van der Waals surface area contributed by atoms with E-state index in [2.05, 4.69) is 39.2 Å². The second-order valence-corrected chi connectivity index (χ2v) is 9.60. The third-order valence-corrected chi connectivity index (χ3v) is 7.70. The normalized spacial score (nSPS) is 16.5. The standard InChI is InChI=1S/C22H21ClN4OS2/c1-14-16-7-2-3-8-17(16)24-18(20(14)23)13-30-22-26-25-21(19-9-5-11-29-19)27(22)12-15-6-4-10-28-15/h2-3,5,7-9,11,15H,4,6,10,12-13H2,1H3. The Kier molecular flexibility index (Phi) is 5.78. The summed E-state index contributed by atoms with van der Waals surface area (Å²) in [4.78, 5) is 5.92. The number of rotatable bonds is 6. The van der Waals surface area contributed by atoms with Gasteiger partial charge in [-0.05, 0) is 42.8 Å². The van der Waals surface area contributed by atoms with Gasteiger partial charge in [0.25, 0.3) is 0 Å². The second-order valence-electron chi connectivity index (χ2n) is 7.33. The van der Waals surface area contributed by atoms with Gasteiger partial charge in [-0.1, -0.05) is 47.6 Å². The largest absolute Gasteiger partial charge is 0.376 e. The van der Waals surface area contributed by atoms with Crippen molar-refractivity contribution in [3.8, 4) is 10.7 Å². The van der Waals surface area contributed by atoms with Crippen LogP contribution in [-0.4, -0.2) is 32.5 Å². The average Bonchev–Trinajstić information content (AvgIpc) is 3.52. The molecule has 0 amide bonds.